The average Bonchev–Trinajstić information content (AvgIpc) is 2.80. The van der Waals surface area contributed by atoms with Crippen molar-refractivity contribution in [1.82, 2.24) is 0 Å². The fourth-order valence-corrected chi connectivity index (χ4v) is 3.17. The number of rotatable bonds is 4. The first-order valence-electron chi connectivity index (χ1n) is 8.98. The second kappa shape index (κ2) is 7.53. The predicted octanol–water partition coefficient (Wildman–Crippen LogP) is 4.57. The van der Waals surface area contributed by atoms with Crippen molar-refractivity contribution in [2.24, 2.45) is 4.99 Å². The summed E-state index contributed by atoms with van der Waals surface area (Å²) in [6.07, 6.45) is 1.86. The molecule has 0 aromatic heterocycles. The number of methoxy groups -OCH3 is 1. The van der Waals surface area contributed by atoms with Crippen LogP contribution in [0.1, 0.15) is 16.7 Å². The zero-order valence-electron chi connectivity index (χ0n) is 15.4. The number of esters is 1. The summed E-state index contributed by atoms with van der Waals surface area (Å²) in [4.78, 5) is 17.7. The van der Waals surface area contributed by atoms with Crippen LogP contribution in [0.25, 0.3) is 5.76 Å². The van der Waals surface area contributed by atoms with Gasteiger partial charge in [-0.05, 0) is 5.56 Å². The minimum atomic E-state index is -1.61. The molecule has 0 aliphatic carbocycles. The molecule has 3 aromatic carbocycles. The minimum Gasteiger partial charge on any atom is -0.464 e. The van der Waals surface area contributed by atoms with Gasteiger partial charge in [0.25, 0.3) is 0 Å². The molecule has 0 amide bonds. The van der Waals surface area contributed by atoms with Crippen LogP contribution >= 0.6 is 0 Å². The maximum absolute atomic E-state index is 13.0. The first kappa shape index (κ1) is 17.7. The summed E-state index contributed by atoms with van der Waals surface area (Å²) in [6.45, 7) is 0. The maximum atomic E-state index is 13.0. The summed E-state index contributed by atoms with van der Waals surface area (Å²) >= 11 is 0. The Kier molecular flexibility index (Phi) is 4.77. The summed E-state index contributed by atoms with van der Waals surface area (Å²) in [5.74, 6) is -0.0163. The number of ether oxygens (including phenoxy) is 2. The molecule has 4 heteroatoms. The van der Waals surface area contributed by atoms with Gasteiger partial charge in [-0.15, -0.1) is 0 Å². The lowest BCUT2D eigenvalue weighted by molar-refractivity contribution is -0.162. The van der Waals surface area contributed by atoms with Crippen molar-refractivity contribution in [3.05, 3.63) is 114 Å². The monoisotopic (exact) mass is 369 g/mol. The summed E-state index contributed by atoms with van der Waals surface area (Å²) in [5, 5.41) is 0. The van der Waals surface area contributed by atoms with Crippen LogP contribution in [0.4, 0.5) is 0 Å². The van der Waals surface area contributed by atoms with Crippen molar-refractivity contribution in [3.8, 4) is 0 Å². The molecule has 0 radical (unpaired) electrons. The third-order valence-electron chi connectivity index (χ3n) is 4.56. The van der Waals surface area contributed by atoms with E-state index >= 15 is 0 Å². The van der Waals surface area contributed by atoms with E-state index < -0.39 is 11.7 Å². The smallest absolute Gasteiger partial charge is 0.379 e. The van der Waals surface area contributed by atoms with Gasteiger partial charge in [-0.1, -0.05) is 91.0 Å². The van der Waals surface area contributed by atoms with Crippen molar-refractivity contribution < 1.29 is 14.3 Å². The van der Waals surface area contributed by atoms with Crippen LogP contribution in [0, 0.1) is 0 Å². The highest BCUT2D eigenvalue weighted by molar-refractivity contribution is 6.13. The lowest BCUT2D eigenvalue weighted by Crippen LogP contribution is -2.40. The number of carbonyl (C=O) groups is 1. The van der Waals surface area contributed by atoms with E-state index in [0.717, 1.165) is 11.1 Å². The zero-order chi connectivity index (χ0) is 19.4. The fraction of sp³-hybridized carbons (Fsp3) is 0.0833. The summed E-state index contributed by atoms with van der Waals surface area (Å²) in [7, 11) is 1.34. The third kappa shape index (κ3) is 3.21. The average molecular weight is 369 g/mol. The summed E-state index contributed by atoms with van der Waals surface area (Å²) in [5.41, 5.74) is 1.40. The molecule has 0 spiro atoms. The molecule has 1 atom stereocenters. The van der Waals surface area contributed by atoms with Crippen LogP contribution < -0.4 is 0 Å². The molecule has 0 N–H and O–H groups in total. The number of hydrogen-bond donors (Lipinski definition) is 0. The summed E-state index contributed by atoms with van der Waals surface area (Å²) < 4.78 is 11.4. The van der Waals surface area contributed by atoms with Gasteiger partial charge in [-0.3, -0.25) is 0 Å². The topological polar surface area (TPSA) is 47.9 Å². The molecule has 0 fully saturated rings. The Morgan fingerprint density at radius 2 is 1.36 bits per heavy atom. The molecular weight excluding hydrogens is 350 g/mol. The van der Waals surface area contributed by atoms with Gasteiger partial charge in [-0.2, -0.15) is 0 Å². The normalized spacial score (nSPS) is 18.5. The van der Waals surface area contributed by atoms with Crippen molar-refractivity contribution in [3.63, 3.8) is 0 Å². The van der Waals surface area contributed by atoms with Crippen molar-refractivity contribution in [2.75, 3.05) is 7.11 Å². The van der Waals surface area contributed by atoms with Gasteiger partial charge in [0, 0.05) is 17.2 Å². The Hall–Kier alpha value is -3.66. The second-order valence-corrected chi connectivity index (χ2v) is 6.34. The first-order chi connectivity index (χ1) is 13.7. The van der Waals surface area contributed by atoms with Crippen LogP contribution in [0.15, 0.2) is 102 Å². The van der Waals surface area contributed by atoms with Crippen LogP contribution in [-0.2, 0) is 20.0 Å². The fourth-order valence-electron chi connectivity index (χ4n) is 3.17. The number of hydrogen-bond acceptors (Lipinski definition) is 4. The highest BCUT2D eigenvalue weighted by Gasteiger charge is 2.47. The number of allylic oxidation sites excluding steroid dienone is 1. The first-order valence-corrected chi connectivity index (χ1v) is 8.98. The van der Waals surface area contributed by atoms with E-state index in [4.69, 9.17) is 14.5 Å². The van der Waals surface area contributed by atoms with E-state index in [1.165, 1.54) is 7.11 Å². The van der Waals surface area contributed by atoms with E-state index in [0.29, 0.717) is 17.0 Å². The highest BCUT2D eigenvalue weighted by atomic mass is 16.6. The molecule has 4 nitrogen and oxygen atoms in total. The number of aliphatic imine (C=N–C) groups is 1. The SMILES string of the molecule is COC(=O)C1(c2ccccc2)N=C(c2ccccc2)C=C(c2ccccc2)O1. The van der Waals surface area contributed by atoms with Crippen LogP contribution in [-0.4, -0.2) is 18.8 Å². The molecule has 3 aromatic rings. The van der Waals surface area contributed by atoms with Crippen molar-refractivity contribution >= 4 is 17.4 Å². The molecule has 1 unspecified atom stereocenters. The molecule has 0 bridgehead atoms. The lowest BCUT2D eigenvalue weighted by atomic mass is 9.98. The highest BCUT2D eigenvalue weighted by Crippen LogP contribution is 2.38. The van der Waals surface area contributed by atoms with Crippen LogP contribution in [0.2, 0.25) is 0 Å². The maximum Gasteiger partial charge on any atom is 0.379 e. The van der Waals surface area contributed by atoms with Crippen molar-refractivity contribution in [2.45, 2.75) is 5.72 Å². The van der Waals surface area contributed by atoms with Gasteiger partial charge in [0.15, 0.2) is 0 Å². The van der Waals surface area contributed by atoms with Gasteiger partial charge < -0.3 is 9.47 Å². The molecule has 1 aliphatic rings. The van der Waals surface area contributed by atoms with Crippen molar-refractivity contribution in [1.29, 1.82) is 0 Å². The van der Waals surface area contributed by atoms with E-state index in [-0.39, 0.29) is 0 Å². The van der Waals surface area contributed by atoms with Gasteiger partial charge in [0.05, 0.1) is 12.8 Å². The Bertz CT molecular complexity index is 1030. The Morgan fingerprint density at radius 1 is 0.821 bits per heavy atom. The van der Waals surface area contributed by atoms with E-state index in [1.54, 1.807) is 0 Å². The molecular formula is C24H19NO3. The molecule has 0 saturated carbocycles. The molecule has 1 aliphatic heterocycles. The number of nitrogens with zero attached hydrogens (tertiary/aromatic N) is 1. The predicted molar refractivity (Wildman–Crippen MR) is 109 cm³/mol. The van der Waals surface area contributed by atoms with E-state index in [9.17, 15) is 4.79 Å². The largest absolute Gasteiger partial charge is 0.464 e. The molecule has 4 rings (SSSR count). The molecule has 138 valence electrons. The Labute approximate surface area is 163 Å². The quantitative estimate of drug-likeness (QED) is 0.633. The summed E-state index contributed by atoms with van der Waals surface area (Å²) in [6, 6.07) is 28.6. The third-order valence-corrected chi connectivity index (χ3v) is 4.56. The Balaban J connectivity index is 1.94. The second-order valence-electron chi connectivity index (χ2n) is 6.34. The van der Waals surface area contributed by atoms with Crippen LogP contribution in [0.5, 0.6) is 0 Å². The zero-order valence-corrected chi connectivity index (χ0v) is 15.4. The van der Waals surface area contributed by atoms with Gasteiger partial charge in [0.2, 0.25) is 0 Å². The molecule has 1 heterocycles. The lowest BCUT2D eigenvalue weighted by Gasteiger charge is -2.33. The minimum absolute atomic E-state index is 0.559. The number of benzene rings is 3. The standard InChI is InChI=1S/C24H19NO3/c1-27-23(26)24(20-15-9-4-10-16-20)25-21(18-11-5-2-6-12-18)17-22(28-24)19-13-7-3-8-14-19/h2-17H,1H3. The van der Waals surface area contributed by atoms with E-state index in [2.05, 4.69) is 0 Å². The van der Waals surface area contributed by atoms with Crippen LogP contribution in [0.3, 0.4) is 0 Å². The number of carbonyl (C=O) groups excluding carboxylic acids is 1. The molecule has 28 heavy (non-hydrogen) atoms. The molecule has 0 saturated heterocycles. The Morgan fingerprint density at radius 3 is 1.93 bits per heavy atom. The van der Waals surface area contributed by atoms with E-state index in [1.807, 2.05) is 97.1 Å². The van der Waals surface area contributed by atoms with Gasteiger partial charge in [0.1, 0.15) is 5.76 Å². The van der Waals surface area contributed by atoms with Gasteiger partial charge in [-0.25, -0.2) is 9.79 Å². The van der Waals surface area contributed by atoms with Gasteiger partial charge >= 0.3 is 11.7 Å².